The molecule has 0 aliphatic heterocycles. The fourth-order valence-electron chi connectivity index (χ4n) is 4.17. The Morgan fingerprint density at radius 1 is 0.931 bits per heavy atom. The van der Waals surface area contributed by atoms with Gasteiger partial charge in [-0.15, -0.1) is 0 Å². The second-order valence-electron chi connectivity index (χ2n) is 6.95. The van der Waals surface area contributed by atoms with Crippen LogP contribution in [0.15, 0.2) is 81.8 Å². The zero-order chi connectivity index (χ0) is 19.5. The van der Waals surface area contributed by atoms with Crippen molar-refractivity contribution in [3.8, 4) is 11.8 Å². The quantitative estimate of drug-likeness (QED) is 0.287. The first-order valence-corrected chi connectivity index (χ1v) is 9.94. The van der Waals surface area contributed by atoms with Crippen LogP contribution in [-0.4, -0.2) is 9.55 Å². The van der Waals surface area contributed by atoms with E-state index in [1.165, 1.54) is 0 Å². The molecule has 3 aromatic heterocycles. The Morgan fingerprint density at radius 2 is 1.83 bits per heavy atom. The van der Waals surface area contributed by atoms with Crippen molar-refractivity contribution in [2.75, 3.05) is 0 Å². The summed E-state index contributed by atoms with van der Waals surface area (Å²) in [7, 11) is 0. The summed E-state index contributed by atoms with van der Waals surface area (Å²) < 4.78 is 9.14. The predicted octanol–water partition coefficient (Wildman–Crippen LogP) is 6.71. The maximum absolute atomic E-state index is 9.49. The van der Waals surface area contributed by atoms with E-state index in [9.17, 15) is 5.26 Å². The maximum Gasteiger partial charge on any atom is 0.153 e. The number of para-hydroxylation sites is 1. The highest BCUT2D eigenvalue weighted by Crippen LogP contribution is 2.40. The van der Waals surface area contributed by atoms with E-state index in [2.05, 4.69) is 49.7 Å². The van der Waals surface area contributed by atoms with Crippen molar-refractivity contribution in [1.29, 1.82) is 5.26 Å². The molecule has 6 aromatic rings. The van der Waals surface area contributed by atoms with E-state index in [0.717, 1.165) is 54.0 Å². The first kappa shape index (κ1) is 16.3. The Hall–Kier alpha value is -3.62. The van der Waals surface area contributed by atoms with Crippen LogP contribution < -0.4 is 0 Å². The average molecular weight is 438 g/mol. The van der Waals surface area contributed by atoms with E-state index < -0.39 is 0 Å². The van der Waals surface area contributed by atoms with E-state index in [0.29, 0.717) is 5.56 Å². The molecule has 136 valence electrons. The van der Waals surface area contributed by atoms with Crippen molar-refractivity contribution in [3.63, 3.8) is 0 Å². The molecular formula is C24H12BrN3O. The van der Waals surface area contributed by atoms with Crippen LogP contribution in [0.25, 0.3) is 49.6 Å². The molecule has 3 aromatic carbocycles. The number of furan rings is 1. The third-order valence-electron chi connectivity index (χ3n) is 5.30. The molecule has 0 bridgehead atoms. The monoisotopic (exact) mass is 437 g/mol. The summed E-state index contributed by atoms with van der Waals surface area (Å²) in [6.45, 7) is 0. The number of fused-ring (bicyclic) bond motifs is 7. The van der Waals surface area contributed by atoms with Crippen molar-refractivity contribution in [2.45, 2.75) is 0 Å². The lowest BCUT2D eigenvalue weighted by Crippen LogP contribution is -1.95. The number of hydrogen-bond acceptors (Lipinski definition) is 3. The Kier molecular flexibility index (Phi) is 3.35. The number of halogens is 1. The van der Waals surface area contributed by atoms with Gasteiger partial charge in [0, 0.05) is 27.1 Å². The van der Waals surface area contributed by atoms with Gasteiger partial charge in [-0.3, -0.25) is 4.98 Å². The molecule has 6 rings (SSSR count). The van der Waals surface area contributed by atoms with Gasteiger partial charge >= 0.3 is 0 Å². The third-order valence-corrected chi connectivity index (χ3v) is 5.75. The summed E-state index contributed by atoms with van der Waals surface area (Å²) in [6.07, 6.45) is 1.79. The molecule has 0 unspecified atom stereocenters. The molecule has 0 atom stereocenters. The van der Waals surface area contributed by atoms with Gasteiger partial charge in [0.05, 0.1) is 28.1 Å². The smallest absolute Gasteiger partial charge is 0.153 e. The van der Waals surface area contributed by atoms with Crippen LogP contribution in [0.4, 0.5) is 0 Å². The second kappa shape index (κ2) is 5.94. The van der Waals surface area contributed by atoms with Crippen LogP contribution in [0, 0.1) is 11.3 Å². The third kappa shape index (κ3) is 2.27. The van der Waals surface area contributed by atoms with Crippen LogP contribution in [-0.2, 0) is 0 Å². The molecule has 0 fully saturated rings. The minimum absolute atomic E-state index is 0.600. The molecule has 0 saturated carbocycles. The largest absolute Gasteiger partial charge is 0.454 e. The Balaban J connectivity index is 1.91. The molecule has 0 aliphatic rings. The van der Waals surface area contributed by atoms with Gasteiger partial charge in [0.25, 0.3) is 0 Å². The maximum atomic E-state index is 9.49. The number of hydrogen-bond donors (Lipinski definition) is 0. The first-order valence-electron chi connectivity index (χ1n) is 9.15. The molecule has 0 saturated heterocycles. The standard InChI is InChI=1S/C24H12BrN3O/c25-15-10-14(13-26)11-16(12-15)28-19-5-2-1-4-17(19)18-7-8-20-22(24(18)28)23-21(29-20)6-3-9-27-23/h1-12H. The van der Waals surface area contributed by atoms with Gasteiger partial charge < -0.3 is 8.98 Å². The highest BCUT2D eigenvalue weighted by atomic mass is 79.9. The number of nitriles is 1. The van der Waals surface area contributed by atoms with E-state index in [1.807, 2.05) is 48.5 Å². The van der Waals surface area contributed by atoms with Crippen molar-refractivity contribution in [3.05, 3.63) is 83.0 Å². The fourth-order valence-corrected chi connectivity index (χ4v) is 4.65. The van der Waals surface area contributed by atoms with E-state index in [-0.39, 0.29) is 0 Å². The number of aromatic nitrogens is 2. The molecule has 5 heteroatoms. The minimum atomic E-state index is 0.600. The molecule has 3 heterocycles. The Labute approximate surface area is 173 Å². The van der Waals surface area contributed by atoms with Crippen LogP contribution in [0.3, 0.4) is 0 Å². The lowest BCUT2D eigenvalue weighted by Gasteiger charge is -2.09. The van der Waals surface area contributed by atoms with Crippen LogP contribution in [0.2, 0.25) is 0 Å². The van der Waals surface area contributed by atoms with Gasteiger partial charge in [0.2, 0.25) is 0 Å². The predicted molar refractivity (Wildman–Crippen MR) is 118 cm³/mol. The summed E-state index contributed by atoms with van der Waals surface area (Å²) >= 11 is 3.55. The molecule has 0 spiro atoms. The number of nitrogens with zero attached hydrogens (tertiary/aromatic N) is 3. The molecule has 0 aliphatic carbocycles. The number of rotatable bonds is 1. The van der Waals surface area contributed by atoms with Crippen LogP contribution >= 0.6 is 15.9 Å². The van der Waals surface area contributed by atoms with Crippen molar-refractivity contribution < 1.29 is 4.42 Å². The van der Waals surface area contributed by atoms with Gasteiger partial charge in [0.1, 0.15) is 11.1 Å². The van der Waals surface area contributed by atoms with Gasteiger partial charge in [-0.05, 0) is 48.5 Å². The van der Waals surface area contributed by atoms with E-state index in [4.69, 9.17) is 4.42 Å². The molecule has 4 nitrogen and oxygen atoms in total. The summed E-state index contributed by atoms with van der Waals surface area (Å²) in [4.78, 5) is 4.61. The zero-order valence-electron chi connectivity index (χ0n) is 15.1. The van der Waals surface area contributed by atoms with E-state index >= 15 is 0 Å². The summed E-state index contributed by atoms with van der Waals surface area (Å²) in [6, 6.07) is 24.2. The summed E-state index contributed by atoms with van der Waals surface area (Å²) in [5, 5.41) is 12.7. The minimum Gasteiger partial charge on any atom is -0.454 e. The lowest BCUT2D eigenvalue weighted by atomic mass is 10.1. The lowest BCUT2D eigenvalue weighted by molar-refractivity contribution is 0.668. The average Bonchev–Trinajstić information content (AvgIpc) is 3.28. The zero-order valence-corrected chi connectivity index (χ0v) is 16.6. The molecule has 0 radical (unpaired) electrons. The van der Waals surface area contributed by atoms with Crippen LogP contribution in [0.1, 0.15) is 5.56 Å². The molecule has 0 N–H and O–H groups in total. The van der Waals surface area contributed by atoms with E-state index in [1.54, 1.807) is 6.20 Å². The molecule has 0 amide bonds. The van der Waals surface area contributed by atoms with Crippen LogP contribution in [0.5, 0.6) is 0 Å². The van der Waals surface area contributed by atoms with Gasteiger partial charge in [-0.1, -0.05) is 34.1 Å². The van der Waals surface area contributed by atoms with Gasteiger partial charge in [-0.2, -0.15) is 5.26 Å². The number of benzene rings is 3. The number of pyridine rings is 1. The Bertz CT molecular complexity index is 1640. The SMILES string of the molecule is N#Cc1cc(Br)cc(-n2c3ccccc3c3ccc4oc5cccnc5c4c32)c1. The van der Waals surface area contributed by atoms with Crippen molar-refractivity contribution >= 4 is 59.8 Å². The summed E-state index contributed by atoms with van der Waals surface area (Å²) in [5.41, 5.74) is 6.02. The van der Waals surface area contributed by atoms with Gasteiger partial charge in [0.15, 0.2) is 5.58 Å². The van der Waals surface area contributed by atoms with Crippen molar-refractivity contribution in [2.24, 2.45) is 0 Å². The normalized spacial score (nSPS) is 11.6. The topological polar surface area (TPSA) is 54.8 Å². The second-order valence-corrected chi connectivity index (χ2v) is 7.87. The van der Waals surface area contributed by atoms with Crippen molar-refractivity contribution in [1.82, 2.24) is 9.55 Å². The Morgan fingerprint density at radius 3 is 2.72 bits per heavy atom. The highest BCUT2D eigenvalue weighted by Gasteiger charge is 2.19. The molecular weight excluding hydrogens is 426 g/mol. The van der Waals surface area contributed by atoms with Gasteiger partial charge in [-0.25, -0.2) is 0 Å². The summed E-state index contributed by atoms with van der Waals surface area (Å²) in [5.74, 6) is 0. The highest BCUT2D eigenvalue weighted by molar-refractivity contribution is 9.10. The molecule has 29 heavy (non-hydrogen) atoms. The fraction of sp³-hybridized carbons (Fsp3) is 0. The first-order chi connectivity index (χ1) is 14.2.